The molecule has 1 aliphatic heterocycles. The second-order valence-electron chi connectivity index (χ2n) is 5.01. The zero-order chi connectivity index (χ0) is 14.9. The number of rotatable bonds is 3. The number of hydrogen-bond donors (Lipinski definition) is 1. The van der Waals surface area contributed by atoms with Gasteiger partial charge in [-0.05, 0) is 32.4 Å². The van der Waals surface area contributed by atoms with Gasteiger partial charge in [0.1, 0.15) is 11.6 Å². The predicted octanol–water partition coefficient (Wildman–Crippen LogP) is 0.137. The third-order valence-electron chi connectivity index (χ3n) is 3.69. The Hall–Kier alpha value is -2.11. The summed E-state index contributed by atoms with van der Waals surface area (Å²) in [6.45, 7) is 4.81. The Morgan fingerprint density at radius 2 is 2.10 bits per heavy atom. The molecular formula is C14H19N3O3. The Morgan fingerprint density at radius 1 is 1.40 bits per heavy atom. The minimum absolute atomic E-state index is 0.0832. The van der Waals surface area contributed by atoms with E-state index in [1.807, 2.05) is 13.8 Å². The summed E-state index contributed by atoms with van der Waals surface area (Å²) in [6.07, 6.45) is 0.578. The maximum absolute atomic E-state index is 12.2. The van der Waals surface area contributed by atoms with E-state index >= 15 is 0 Å². The number of likely N-dealkylation sites (tertiary alicyclic amines) is 1. The van der Waals surface area contributed by atoms with Crippen LogP contribution in [0, 0.1) is 6.92 Å². The van der Waals surface area contributed by atoms with Crippen LogP contribution >= 0.6 is 0 Å². The molecule has 0 radical (unpaired) electrons. The van der Waals surface area contributed by atoms with Gasteiger partial charge < -0.3 is 14.8 Å². The number of hydrogen-bond acceptors (Lipinski definition) is 3. The minimum atomic E-state index is -0.525. The molecule has 6 nitrogen and oxygen atoms in total. The lowest BCUT2D eigenvalue weighted by atomic mass is 10.2. The summed E-state index contributed by atoms with van der Waals surface area (Å²) >= 11 is 0. The van der Waals surface area contributed by atoms with Crippen molar-refractivity contribution in [2.75, 3.05) is 13.6 Å². The van der Waals surface area contributed by atoms with Gasteiger partial charge in [-0.1, -0.05) is 0 Å². The fourth-order valence-electron chi connectivity index (χ4n) is 2.43. The fraction of sp³-hybridized carbons (Fsp3) is 0.500. The number of aromatic nitrogens is 1. The second-order valence-corrected chi connectivity index (χ2v) is 5.01. The van der Waals surface area contributed by atoms with Gasteiger partial charge in [-0.3, -0.25) is 14.4 Å². The third kappa shape index (κ3) is 2.45. The number of carbonyl (C=O) groups is 2. The largest absolute Gasteiger partial charge is 0.344 e. The standard InChI is InChI=1S/C14H19N3O3/c1-4-17-9(2)5-6-10(13(17)19)12(18)15-11-7-8-16(3)14(11)20/h5-6,11H,4,7-8H2,1-3H3,(H,15,18)/t11-/m1/s1. The maximum Gasteiger partial charge on any atom is 0.263 e. The van der Waals surface area contributed by atoms with Crippen LogP contribution in [0.4, 0.5) is 0 Å². The van der Waals surface area contributed by atoms with Gasteiger partial charge in [0.2, 0.25) is 5.91 Å². The molecule has 1 N–H and O–H groups in total. The number of amides is 2. The van der Waals surface area contributed by atoms with Gasteiger partial charge >= 0.3 is 0 Å². The molecule has 1 atom stereocenters. The summed E-state index contributed by atoms with van der Waals surface area (Å²) in [5.74, 6) is -0.591. The zero-order valence-electron chi connectivity index (χ0n) is 12.0. The smallest absolute Gasteiger partial charge is 0.263 e. The number of nitrogens with zero attached hydrogens (tertiary/aromatic N) is 2. The van der Waals surface area contributed by atoms with E-state index in [0.29, 0.717) is 19.5 Å². The van der Waals surface area contributed by atoms with E-state index in [4.69, 9.17) is 0 Å². The van der Waals surface area contributed by atoms with Gasteiger partial charge in [0.05, 0.1) is 0 Å². The molecule has 1 aliphatic rings. The quantitative estimate of drug-likeness (QED) is 0.854. The molecule has 20 heavy (non-hydrogen) atoms. The first-order valence-corrected chi connectivity index (χ1v) is 6.72. The molecular weight excluding hydrogens is 258 g/mol. The van der Waals surface area contributed by atoms with Crippen molar-refractivity contribution < 1.29 is 9.59 Å². The highest BCUT2D eigenvalue weighted by atomic mass is 16.2. The Balaban J connectivity index is 2.22. The zero-order valence-corrected chi connectivity index (χ0v) is 12.0. The second kappa shape index (κ2) is 5.48. The van der Waals surface area contributed by atoms with Crippen molar-refractivity contribution in [1.29, 1.82) is 0 Å². The first-order valence-electron chi connectivity index (χ1n) is 6.72. The number of nitrogens with one attached hydrogen (secondary N) is 1. The van der Waals surface area contributed by atoms with Crippen LogP contribution in [0.5, 0.6) is 0 Å². The minimum Gasteiger partial charge on any atom is -0.344 e. The Bertz CT molecular complexity index is 606. The summed E-state index contributed by atoms with van der Waals surface area (Å²) in [7, 11) is 1.70. The molecule has 1 fully saturated rings. The Labute approximate surface area is 117 Å². The van der Waals surface area contributed by atoms with Crippen molar-refractivity contribution in [2.45, 2.75) is 32.9 Å². The van der Waals surface area contributed by atoms with Crippen molar-refractivity contribution in [1.82, 2.24) is 14.8 Å². The molecule has 0 unspecified atom stereocenters. The monoisotopic (exact) mass is 277 g/mol. The lowest BCUT2D eigenvalue weighted by Gasteiger charge is -2.13. The normalized spacial score (nSPS) is 18.4. The van der Waals surface area contributed by atoms with Crippen LogP contribution < -0.4 is 10.9 Å². The molecule has 2 rings (SSSR count). The van der Waals surface area contributed by atoms with Gasteiger partial charge in [-0.2, -0.15) is 0 Å². The first kappa shape index (κ1) is 14.3. The summed E-state index contributed by atoms with van der Waals surface area (Å²) in [5.41, 5.74) is 0.578. The molecule has 0 bridgehead atoms. The topological polar surface area (TPSA) is 71.4 Å². The molecule has 1 aromatic rings. The molecule has 1 saturated heterocycles. The van der Waals surface area contributed by atoms with E-state index in [-0.39, 0.29) is 17.0 Å². The van der Waals surface area contributed by atoms with Crippen LogP contribution in [0.25, 0.3) is 0 Å². The van der Waals surface area contributed by atoms with Crippen molar-refractivity contribution in [3.63, 3.8) is 0 Å². The Kier molecular flexibility index (Phi) is 3.92. The van der Waals surface area contributed by atoms with E-state index in [2.05, 4.69) is 5.32 Å². The van der Waals surface area contributed by atoms with Crippen LogP contribution in [0.1, 0.15) is 29.4 Å². The molecule has 0 aromatic carbocycles. The highest BCUT2D eigenvalue weighted by molar-refractivity contribution is 5.97. The summed E-state index contributed by atoms with van der Waals surface area (Å²) in [5, 5.41) is 2.64. The average Bonchev–Trinajstić information content (AvgIpc) is 2.71. The lowest BCUT2D eigenvalue weighted by molar-refractivity contribution is -0.128. The molecule has 0 aliphatic carbocycles. The van der Waals surface area contributed by atoms with Crippen LogP contribution in [0.3, 0.4) is 0 Å². The summed E-state index contributed by atoms with van der Waals surface area (Å²) in [6, 6.07) is 2.73. The van der Waals surface area contributed by atoms with Crippen LogP contribution in [0.2, 0.25) is 0 Å². The molecule has 0 spiro atoms. The number of pyridine rings is 1. The van der Waals surface area contributed by atoms with E-state index in [1.54, 1.807) is 18.0 Å². The van der Waals surface area contributed by atoms with E-state index in [9.17, 15) is 14.4 Å². The van der Waals surface area contributed by atoms with Crippen molar-refractivity contribution in [2.24, 2.45) is 0 Å². The molecule has 0 saturated carbocycles. The molecule has 2 heterocycles. The molecule has 108 valence electrons. The van der Waals surface area contributed by atoms with Crippen molar-refractivity contribution in [3.8, 4) is 0 Å². The van der Waals surface area contributed by atoms with Crippen LogP contribution in [-0.4, -0.2) is 40.9 Å². The van der Waals surface area contributed by atoms with Crippen LogP contribution in [-0.2, 0) is 11.3 Å². The van der Waals surface area contributed by atoms with Gasteiger partial charge in [0, 0.05) is 25.8 Å². The van der Waals surface area contributed by atoms with Gasteiger partial charge in [-0.25, -0.2) is 0 Å². The highest BCUT2D eigenvalue weighted by Gasteiger charge is 2.31. The number of aryl methyl sites for hydroxylation is 1. The fourth-order valence-corrected chi connectivity index (χ4v) is 2.43. The van der Waals surface area contributed by atoms with E-state index < -0.39 is 11.9 Å². The number of carbonyl (C=O) groups excluding carboxylic acids is 2. The Morgan fingerprint density at radius 3 is 2.65 bits per heavy atom. The number of likely N-dealkylation sites (N-methyl/N-ethyl adjacent to an activating group) is 1. The van der Waals surface area contributed by atoms with Crippen molar-refractivity contribution >= 4 is 11.8 Å². The first-order chi connectivity index (χ1) is 9.45. The SMILES string of the molecule is CCn1c(C)ccc(C(=O)N[C@@H]2CCN(C)C2=O)c1=O. The van der Waals surface area contributed by atoms with Gasteiger partial charge in [-0.15, -0.1) is 0 Å². The summed E-state index contributed by atoms with van der Waals surface area (Å²) < 4.78 is 1.54. The third-order valence-corrected chi connectivity index (χ3v) is 3.69. The van der Waals surface area contributed by atoms with Crippen molar-refractivity contribution in [3.05, 3.63) is 33.7 Å². The van der Waals surface area contributed by atoms with E-state index in [0.717, 1.165) is 5.69 Å². The summed E-state index contributed by atoms with van der Waals surface area (Å²) in [4.78, 5) is 37.7. The van der Waals surface area contributed by atoms with Gasteiger partial charge in [0.25, 0.3) is 11.5 Å². The molecule has 6 heteroatoms. The lowest BCUT2D eigenvalue weighted by Crippen LogP contribution is -2.43. The van der Waals surface area contributed by atoms with Gasteiger partial charge in [0.15, 0.2) is 0 Å². The molecule has 1 aromatic heterocycles. The van der Waals surface area contributed by atoms with Crippen LogP contribution in [0.15, 0.2) is 16.9 Å². The average molecular weight is 277 g/mol. The molecule has 2 amide bonds. The maximum atomic E-state index is 12.2. The van der Waals surface area contributed by atoms with E-state index in [1.165, 1.54) is 10.6 Å². The highest BCUT2D eigenvalue weighted by Crippen LogP contribution is 2.09. The predicted molar refractivity (Wildman–Crippen MR) is 74.6 cm³/mol.